The fourth-order valence-corrected chi connectivity index (χ4v) is 3.95. The molecule has 0 unspecified atom stereocenters. The van der Waals surface area contributed by atoms with Crippen LogP contribution in [0.15, 0.2) is 67.0 Å². The highest BCUT2D eigenvalue weighted by Gasteiger charge is 2.21. The average molecular weight is 464 g/mol. The minimum absolute atomic E-state index is 0.202. The van der Waals surface area contributed by atoms with Gasteiger partial charge in [0, 0.05) is 18.1 Å². The van der Waals surface area contributed by atoms with Crippen molar-refractivity contribution in [2.24, 2.45) is 0 Å². The molecule has 3 rings (SSSR count). The number of nitrogens with zero attached hydrogens (tertiary/aromatic N) is 2. The van der Waals surface area contributed by atoms with Crippen molar-refractivity contribution in [2.75, 3.05) is 22.4 Å². The lowest BCUT2D eigenvalue weighted by Crippen LogP contribution is -2.37. The van der Waals surface area contributed by atoms with E-state index in [2.05, 4.69) is 10.3 Å². The predicted molar refractivity (Wildman–Crippen MR) is 121 cm³/mol. The molecule has 6 nitrogen and oxygen atoms in total. The normalized spacial score (nSPS) is 11.2. The van der Waals surface area contributed by atoms with E-state index < -0.39 is 22.5 Å². The van der Waals surface area contributed by atoms with E-state index in [1.165, 1.54) is 18.2 Å². The molecule has 0 saturated carbocycles. The number of rotatable bonds is 7. The largest absolute Gasteiger partial charge is 0.325 e. The molecule has 1 heterocycles. The van der Waals surface area contributed by atoms with Crippen molar-refractivity contribution in [2.45, 2.75) is 6.42 Å². The van der Waals surface area contributed by atoms with Crippen molar-refractivity contribution in [1.82, 2.24) is 4.98 Å². The van der Waals surface area contributed by atoms with Crippen molar-refractivity contribution in [3.8, 4) is 0 Å². The first kappa shape index (κ1) is 22.1. The zero-order valence-corrected chi connectivity index (χ0v) is 18.4. The summed E-state index contributed by atoms with van der Waals surface area (Å²) < 4.78 is 25.4. The highest BCUT2D eigenvalue weighted by Crippen LogP contribution is 2.28. The summed E-state index contributed by atoms with van der Waals surface area (Å²) in [4.78, 5) is 16.5. The molecule has 3 aromatic rings. The van der Waals surface area contributed by atoms with Crippen molar-refractivity contribution in [3.63, 3.8) is 0 Å². The van der Waals surface area contributed by atoms with Crippen LogP contribution in [0.3, 0.4) is 0 Å². The van der Waals surface area contributed by atoms with Gasteiger partial charge in [-0.3, -0.25) is 14.1 Å². The summed E-state index contributed by atoms with van der Waals surface area (Å²) in [5, 5.41) is 3.22. The number of halogens is 2. The van der Waals surface area contributed by atoms with Gasteiger partial charge < -0.3 is 5.32 Å². The van der Waals surface area contributed by atoms with Crippen LogP contribution in [0.2, 0.25) is 10.0 Å². The molecule has 2 aromatic carbocycles. The third-order valence-electron chi connectivity index (χ3n) is 4.27. The molecule has 0 bridgehead atoms. The van der Waals surface area contributed by atoms with E-state index in [0.29, 0.717) is 10.7 Å². The molecule has 156 valence electrons. The van der Waals surface area contributed by atoms with Crippen molar-refractivity contribution >= 4 is 50.5 Å². The van der Waals surface area contributed by atoms with Crippen LogP contribution < -0.4 is 9.62 Å². The lowest BCUT2D eigenvalue weighted by atomic mass is 10.1. The molecule has 0 atom stereocenters. The van der Waals surface area contributed by atoms with E-state index in [0.717, 1.165) is 28.1 Å². The molecule has 0 fully saturated rings. The Labute approximate surface area is 185 Å². The topological polar surface area (TPSA) is 79.4 Å². The van der Waals surface area contributed by atoms with Crippen LogP contribution in [-0.4, -0.2) is 32.1 Å². The minimum atomic E-state index is -3.71. The molecule has 0 spiro atoms. The number of carbonyl (C=O) groups excluding carboxylic acids is 1. The Hall–Kier alpha value is -2.61. The summed E-state index contributed by atoms with van der Waals surface area (Å²) in [5.74, 6) is -0.478. The molecule has 0 radical (unpaired) electrons. The number of carbonyl (C=O) groups is 1. The van der Waals surface area contributed by atoms with Gasteiger partial charge in [-0.15, -0.1) is 0 Å². The van der Waals surface area contributed by atoms with Crippen molar-refractivity contribution < 1.29 is 13.2 Å². The number of hydrogen-bond acceptors (Lipinski definition) is 4. The number of nitrogens with one attached hydrogen (secondary N) is 1. The van der Waals surface area contributed by atoms with Crippen LogP contribution in [0.25, 0.3) is 0 Å². The van der Waals surface area contributed by atoms with Crippen LogP contribution in [0, 0.1) is 0 Å². The number of anilines is 2. The van der Waals surface area contributed by atoms with Crippen LogP contribution in [0.5, 0.6) is 0 Å². The number of pyridine rings is 1. The standard InChI is InChI=1S/C21H19Cl2N3O3S/c1-30(28,29)26(18-6-7-19(22)20(23)13-18)14-21(27)25-17-4-2-15(3-5-17)12-16-8-10-24-11-9-16/h2-11,13H,12,14H2,1H3,(H,25,27). The monoisotopic (exact) mass is 463 g/mol. The van der Waals surface area contributed by atoms with Gasteiger partial charge in [0.2, 0.25) is 15.9 Å². The molecule has 9 heteroatoms. The fraction of sp³-hybridized carbons (Fsp3) is 0.143. The average Bonchev–Trinajstić information content (AvgIpc) is 2.70. The van der Waals surface area contributed by atoms with E-state index in [1.807, 2.05) is 24.3 Å². The van der Waals surface area contributed by atoms with E-state index in [4.69, 9.17) is 23.2 Å². The molecule has 0 aliphatic rings. The molecule has 0 saturated heterocycles. The van der Waals surface area contributed by atoms with E-state index >= 15 is 0 Å². The van der Waals surface area contributed by atoms with Gasteiger partial charge in [0.15, 0.2) is 0 Å². The summed E-state index contributed by atoms with van der Waals surface area (Å²) in [6, 6.07) is 15.6. The molecule has 0 aliphatic heterocycles. The maximum atomic E-state index is 12.5. The van der Waals surface area contributed by atoms with E-state index in [9.17, 15) is 13.2 Å². The zero-order valence-electron chi connectivity index (χ0n) is 16.0. The van der Waals surface area contributed by atoms with E-state index in [1.54, 1.807) is 24.5 Å². The number of amides is 1. The third kappa shape index (κ3) is 5.95. The van der Waals surface area contributed by atoms with Gasteiger partial charge in [-0.25, -0.2) is 8.42 Å². The second kappa shape index (κ2) is 9.47. The summed E-state index contributed by atoms with van der Waals surface area (Å²) in [5.41, 5.74) is 3.04. The highest BCUT2D eigenvalue weighted by molar-refractivity contribution is 7.92. The van der Waals surface area contributed by atoms with Gasteiger partial charge in [-0.1, -0.05) is 35.3 Å². The Morgan fingerprint density at radius 3 is 2.20 bits per heavy atom. The van der Waals surface area contributed by atoms with Crippen molar-refractivity contribution in [3.05, 3.63) is 88.2 Å². The lowest BCUT2D eigenvalue weighted by Gasteiger charge is -2.22. The van der Waals surface area contributed by atoms with Crippen molar-refractivity contribution in [1.29, 1.82) is 0 Å². The summed E-state index contributed by atoms with van der Waals surface area (Å²) in [6.45, 7) is -0.393. The summed E-state index contributed by atoms with van der Waals surface area (Å²) in [7, 11) is -3.71. The Balaban J connectivity index is 1.68. The molecular weight excluding hydrogens is 445 g/mol. The number of sulfonamides is 1. The summed E-state index contributed by atoms with van der Waals surface area (Å²) >= 11 is 11.9. The van der Waals surface area contributed by atoms with E-state index in [-0.39, 0.29) is 10.7 Å². The number of benzene rings is 2. The Morgan fingerprint density at radius 1 is 0.967 bits per heavy atom. The second-order valence-corrected chi connectivity index (χ2v) is 9.37. The van der Waals surface area contributed by atoms with Gasteiger partial charge >= 0.3 is 0 Å². The quantitative estimate of drug-likeness (QED) is 0.563. The van der Waals surface area contributed by atoms with Gasteiger partial charge in [0.05, 0.1) is 22.0 Å². The number of hydrogen-bond donors (Lipinski definition) is 1. The minimum Gasteiger partial charge on any atom is -0.325 e. The highest BCUT2D eigenvalue weighted by atomic mass is 35.5. The first-order chi connectivity index (χ1) is 14.2. The first-order valence-electron chi connectivity index (χ1n) is 8.93. The van der Waals surface area contributed by atoms with Gasteiger partial charge in [-0.05, 0) is 60.0 Å². The maximum absolute atomic E-state index is 12.5. The predicted octanol–water partition coefficient (Wildman–Crippen LogP) is 4.38. The molecule has 1 N–H and O–H groups in total. The molecule has 1 amide bonds. The lowest BCUT2D eigenvalue weighted by molar-refractivity contribution is -0.114. The maximum Gasteiger partial charge on any atom is 0.245 e. The molecule has 30 heavy (non-hydrogen) atoms. The van der Waals surface area contributed by atoms with Crippen LogP contribution >= 0.6 is 23.2 Å². The number of aromatic nitrogens is 1. The Morgan fingerprint density at radius 2 is 1.60 bits per heavy atom. The Bertz CT molecular complexity index is 1140. The van der Waals surface area contributed by atoms with Crippen LogP contribution in [-0.2, 0) is 21.2 Å². The van der Waals surface area contributed by atoms with Gasteiger partial charge in [0.1, 0.15) is 6.54 Å². The Kier molecular flexibility index (Phi) is 6.97. The van der Waals surface area contributed by atoms with Crippen LogP contribution in [0.4, 0.5) is 11.4 Å². The fourth-order valence-electron chi connectivity index (χ4n) is 2.81. The third-order valence-corrected chi connectivity index (χ3v) is 6.15. The molecular formula is C21H19Cl2N3O3S. The van der Waals surface area contributed by atoms with Gasteiger partial charge in [-0.2, -0.15) is 0 Å². The smallest absolute Gasteiger partial charge is 0.245 e. The summed E-state index contributed by atoms with van der Waals surface area (Å²) in [6.07, 6.45) is 5.25. The van der Waals surface area contributed by atoms with Crippen LogP contribution in [0.1, 0.15) is 11.1 Å². The SMILES string of the molecule is CS(=O)(=O)N(CC(=O)Nc1ccc(Cc2ccncc2)cc1)c1ccc(Cl)c(Cl)c1. The molecule has 0 aliphatic carbocycles. The van der Waals surface area contributed by atoms with Gasteiger partial charge in [0.25, 0.3) is 0 Å². The zero-order chi connectivity index (χ0) is 21.7. The first-order valence-corrected chi connectivity index (χ1v) is 11.5. The molecule has 1 aromatic heterocycles. The second-order valence-electron chi connectivity index (χ2n) is 6.65.